The lowest BCUT2D eigenvalue weighted by atomic mass is 9.87. The summed E-state index contributed by atoms with van der Waals surface area (Å²) in [7, 11) is 0. The van der Waals surface area contributed by atoms with Gasteiger partial charge in [-0.25, -0.2) is 9.97 Å². The molecule has 4 aromatic rings. The zero-order chi connectivity index (χ0) is 26.2. The van der Waals surface area contributed by atoms with Gasteiger partial charge in [-0.3, -0.25) is 4.79 Å². The van der Waals surface area contributed by atoms with Crippen molar-refractivity contribution in [3.05, 3.63) is 96.3 Å². The first-order chi connectivity index (χ1) is 18.6. The first kappa shape index (κ1) is 25.2. The second kappa shape index (κ2) is 12.2. The lowest BCUT2D eigenvalue weighted by Gasteiger charge is -2.25. The Morgan fingerprint density at radius 2 is 1.39 bits per heavy atom. The summed E-state index contributed by atoms with van der Waals surface area (Å²) in [6.07, 6.45) is 5.84. The van der Waals surface area contributed by atoms with E-state index in [1.54, 1.807) is 18.5 Å². The maximum absolute atomic E-state index is 11.2. The first-order valence-electron chi connectivity index (χ1n) is 12.7. The molecule has 0 bridgehead atoms. The van der Waals surface area contributed by atoms with E-state index >= 15 is 0 Å². The van der Waals surface area contributed by atoms with Gasteiger partial charge in [0.2, 0.25) is 11.8 Å². The number of aliphatic carboxylic acids is 1. The van der Waals surface area contributed by atoms with Crippen LogP contribution in [0.1, 0.15) is 36.8 Å². The summed E-state index contributed by atoms with van der Waals surface area (Å²) in [6.45, 7) is 0.749. The van der Waals surface area contributed by atoms with Crippen molar-refractivity contribution in [3.8, 4) is 28.9 Å². The Labute approximate surface area is 221 Å². The predicted molar refractivity (Wildman–Crippen MR) is 141 cm³/mol. The zero-order valence-electron chi connectivity index (χ0n) is 20.9. The van der Waals surface area contributed by atoms with Crippen molar-refractivity contribution in [1.82, 2.24) is 15.0 Å². The van der Waals surface area contributed by atoms with Gasteiger partial charge in [-0.1, -0.05) is 60.7 Å². The van der Waals surface area contributed by atoms with Crippen LogP contribution in [0, 0.1) is 5.92 Å². The SMILES string of the molecule is O=C(O)[C@H]1CC[C@H](Oc2ncc(-c3ccc(OCc4ccccc4)nc3OCc3ccccc3)cn2)CC1. The summed E-state index contributed by atoms with van der Waals surface area (Å²) >= 11 is 0. The van der Waals surface area contributed by atoms with Crippen LogP contribution in [0.4, 0.5) is 0 Å². The number of ether oxygens (including phenoxy) is 3. The van der Waals surface area contributed by atoms with E-state index in [4.69, 9.17) is 14.2 Å². The van der Waals surface area contributed by atoms with Crippen molar-refractivity contribution < 1.29 is 24.1 Å². The fraction of sp³-hybridized carbons (Fsp3) is 0.267. The summed E-state index contributed by atoms with van der Waals surface area (Å²) in [5, 5.41) is 9.19. The van der Waals surface area contributed by atoms with Gasteiger partial charge in [0.25, 0.3) is 0 Å². The molecule has 0 saturated heterocycles. The van der Waals surface area contributed by atoms with Crippen molar-refractivity contribution in [2.75, 3.05) is 0 Å². The Morgan fingerprint density at radius 1 is 0.789 bits per heavy atom. The van der Waals surface area contributed by atoms with E-state index in [9.17, 15) is 9.90 Å². The van der Waals surface area contributed by atoms with Gasteiger partial charge in [0.05, 0.1) is 5.92 Å². The third kappa shape index (κ3) is 6.64. The Kier molecular flexibility index (Phi) is 8.08. The van der Waals surface area contributed by atoms with Gasteiger partial charge < -0.3 is 19.3 Å². The Hall–Kier alpha value is -4.46. The highest BCUT2D eigenvalue weighted by Crippen LogP contribution is 2.32. The van der Waals surface area contributed by atoms with Crippen LogP contribution in [0.2, 0.25) is 0 Å². The number of pyridine rings is 1. The number of aromatic nitrogens is 3. The number of rotatable bonds is 10. The number of nitrogens with zero attached hydrogens (tertiary/aromatic N) is 3. The molecule has 2 heterocycles. The second-order valence-electron chi connectivity index (χ2n) is 9.23. The summed E-state index contributed by atoms with van der Waals surface area (Å²) in [5.41, 5.74) is 3.54. The van der Waals surface area contributed by atoms with Crippen LogP contribution in [0.5, 0.6) is 17.8 Å². The molecular weight excluding hydrogens is 482 g/mol. The zero-order valence-corrected chi connectivity index (χ0v) is 20.9. The minimum Gasteiger partial charge on any atom is -0.481 e. The number of carboxylic acids is 1. The Balaban J connectivity index is 1.30. The normalized spacial score (nSPS) is 16.9. The molecule has 1 N–H and O–H groups in total. The summed E-state index contributed by atoms with van der Waals surface area (Å²) in [5.74, 6) is -0.152. The number of hydrogen-bond acceptors (Lipinski definition) is 7. The molecule has 2 aromatic carbocycles. The highest BCUT2D eigenvalue weighted by Gasteiger charge is 2.27. The van der Waals surface area contributed by atoms with Crippen LogP contribution in [0.15, 0.2) is 85.2 Å². The second-order valence-corrected chi connectivity index (χ2v) is 9.23. The fourth-order valence-electron chi connectivity index (χ4n) is 4.38. The van der Waals surface area contributed by atoms with Gasteiger partial charge in [-0.05, 0) is 42.9 Å². The van der Waals surface area contributed by atoms with E-state index in [0.717, 1.165) is 22.3 Å². The maximum atomic E-state index is 11.2. The molecule has 1 aliphatic rings. The standard InChI is InChI=1S/C30H29N3O5/c34-29(35)23-11-13-25(14-12-23)38-30-31-17-24(18-32-30)26-15-16-27(36-19-21-7-3-1-4-8-21)33-28(26)37-20-22-9-5-2-6-10-22/h1-10,15-18,23,25H,11-14,19-20H2,(H,34,35)/t23-,25-. The molecule has 1 saturated carbocycles. The topological polar surface area (TPSA) is 104 Å². The largest absolute Gasteiger partial charge is 0.481 e. The van der Waals surface area contributed by atoms with Crippen molar-refractivity contribution >= 4 is 5.97 Å². The van der Waals surface area contributed by atoms with Gasteiger partial charge in [-0.15, -0.1) is 0 Å². The van der Waals surface area contributed by atoms with Crippen LogP contribution in [0.25, 0.3) is 11.1 Å². The molecule has 0 aliphatic heterocycles. The maximum Gasteiger partial charge on any atom is 0.316 e. The van der Waals surface area contributed by atoms with Crippen LogP contribution in [-0.4, -0.2) is 32.1 Å². The molecule has 2 aromatic heterocycles. The summed E-state index contributed by atoms with van der Waals surface area (Å²) in [4.78, 5) is 24.6. The minimum absolute atomic E-state index is 0.0797. The quantitative estimate of drug-likeness (QED) is 0.288. The number of carbonyl (C=O) groups is 1. The highest BCUT2D eigenvalue weighted by molar-refractivity contribution is 5.70. The molecule has 0 unspecified atom stereocenters. The Bertz CT molecular complexity index is 1330. The third-order valence-corrected chi connectivity index (χ3v) is 6.52. The molecule has 0 amide bonds. The van der Waals surface area contributed by atoms with Crippen LogP contribution < -0.4 is 14.2 Å². The highest BCUT2D eigenvalue weighted by atomic mass is 16.5. The molecule has 38 heavy (non-hydrogen) atoms. The lowest BCUT2D eigenvalue weighted by molar-refractivity contribution is -0.143. The van der Waals surface area contributed by atoms with Crippen molar-refractivity contribution in [1.29, 1.82) is 0 Å². The molecule has 0 radical (unpaired) electrons. The number of benzene rings is 2. The minimum atomic E-state index is -0.737. The monoisotopic (exact) mass is 511 g/mol. The molecule has 1 aliphatic carbocycles. The van der Waals surface area contributed by atoms with Crippen molar-refractivity contribution in [2.45, 2.75) is 45.0 Å². The molecule has 8 heteroatoms. The van der Waals surface area contributed by atoms with Gasteiger partial charge in [0.15, 0.2) is 0 Å². The predicted octanol–water partition coefficient (Wildman–Crippen LogP) is 5.72. The molecule has 194 valence electrons. The van der Waals surface area contributed by atoms with Gasteiger partial charge >= 0.3 is 12.0 Å². The third-order valence-electron chi connectivity index (χ3n) is 6.52. The molecule has 1 fully saturated rings. The molecular formula is C30H29N3O5. The average molecular weight is 512 g/mol. The molecule has 8 nitrogen and oxygen atoms in total. The lowest BCUT2D eigenvalue weighted by Crippen LogP contribution is -2.28. The van der Waals surface area contributed by atoms with Gasteiger partial charge in [0.1, 0.15) is 19.3 Å². The summed E-state index contributed by atoms with van der Waals surface area (Å²) < 4.78 is 18.0. The molecule has 5 rings (SSSR count). The Morgan fingerprint density at radius 3 is 2.00 bits per heavy atom. The fourth-order valence-corrected chi connectivity index (χ4v) is 4.38. The van der Waals surface area contributed by atoms with Gasteiger partial charge in [-0.2, -0.15) is 4.98 Å². The van der Waals surface area contributed by atoms with Crippen LogP contribution in [0.3, 0.4) is 0 Å². The molecule has 0 spiro atoms. The summed E-state index contributed by atoms with van der Waals surface area (Å²) in [6, 6.07) is 23.8. The average Bonchev–Trinajstić information content (AvgIpc) is 2.97. The van der Waals surface area contributed by atoms with Crippen molar-refractivity contribution in [3.63, 3.8) is 0 Å². The van der Waals surface area contributed by atoms with E-state index < -0.39 is 5.97 Å². The van der Waals surface area contributed by atoms with Crippen molar-refractivity contribution in [2.24, 2.45) is 5.92 Å². The molecule has 0 atom stereocenters. The number of hydrogen-bond donors (Lipinski definition) is 1. The van der Waals surface area contributed by atoms with E-state index in [-0.39, 0.29) is 18.0 Å². The van der Waals surface area contributed by atoms with Gasteiger partial charge in [0, 0.05) is 29.6 Å². The van der Waals surface area contributed by atoms with E-state index in [0.29, 0.717) is 50.7 Å². The first-order valence-corrected chi connectivity index (χ1v) is 12.7. The number of carboxylic acid groups (broad SMARTS) is 1. The van der Waals surface area contributed by atoms with E-state index in [1.807, 2.05) is 66.7 Å². The van der Waals surface area contributed by atoms with E-state index in [2.05, 4.69) is 15.0 Å². The van der Waals surface area contributed by atoms with Crippen LogP contribution >= 0.6 is 0 Å². The smallest absolute Gasteiger partial charge is 0.316 e. The van der Waals surface area contributed by atoms with E-state index in [1.165, 1.54) is 0 Å². The van der Waals surface area contributed by atoms with Crippen LogP contribution in [-0.2, 0) is 18.0 Å².